The largest absolute Gasteiger partial charge is 0.460 e. The van der Waals surface area contributed by atoms with Crippen molar-refractivity contribution in [1.29, 1.82) is 0 Å². The van der Waals surface area contributed by atoms with Gasteiger partial charge >= 0.3 is 5.97 Å². The Morgan fingerprint density at radius 2 is 2.00 bits per heavy atom. The lowest BCUT2D eigenvalue weighted by Crippen LogP contribution is -2.23. The Hall–Kier alpha value is -0.510. The zero-order valence-electron chi connectivity index (χ0n) is 11.0. The Morgan fingerprint density at radius 3 is 2.43 bits per heavy atom. The van der Waals surface area contributed by atoms with Crippen LogP contribution in [0.15, 0.2) is 0 Å². The summed E-state index contributed by atoms with van der Waals surface area (Å²) in [5.74, 6) is -0.444. The van der Waals surface area contributed by atoms with Crippen LogP contribution in [0.2, 0.25) is 0 Å². The molecule has 0 bridgehead atoms. The van der Waals surface area contributed by atoms with Crippen molar-refractivity contribution in [3.05, 3.63) is 0 Å². The van der Waals surface area contributed by atoms with Crippen molar-refractivity contribution >= 4 is 22.8 Å². The lowest BCUT2D eigenvalue weighted by Gasteiger charge is -2.19. The minimum atomic E-state index is -1.71. The summed E-state index contributed by atoms with van der Waals surface area (Å²) in [6.45, 7) is 6.56. The summed E-state index contributed by atoms with van der Waals surface area (Å²) in [7, 11) is 0. The highest BCUT2D eigenvalue weighted by molar-refractivity contribution is 8.13. The Balaban J connectivity index is 4.05. The summed E-state index contributed by atoms with van der Waals surface area (Å²) in [5.41, 5.74) is -2.26. The van der Waals surface area contributed by atoms with Crippen LogP contribution >= 0.6 is 11.8 Å². The van der Waals surface area contributed by atoms with Gasteiger partial charge in [-0.2, -0.15) is 0 Å². The number of thioether (sulfide) groups is 1. The molecule has 3 nitrogen and oxygen atoms in total. The lowest BCUT2D eigenvalue weighted by atomic mass is 10.2. The molecule has 14 heavy (non-hydrogen) atoms. The van der Waals surface area contributed by atoms with Gasteiger partial charge in [-0.1, -0.05) is 11.8 Å². The van der Waals surface area contributed by atoms with Crippen LogP contribution in [0.1, 0.15) is 43.3 Å². The topological polar surface area (TPSA) is 43.4 Å². The van der Waals surface area contributed by atoms with Gasteiger partial charge in [-0.05, 0) is 27.2 Å². The molecule has 0 atom stereocenters. The van der Waals surface area contributed by atoms with E-state index in [1.54, 1.807) is 20.8 Å². The first kappa shape index (κ1) is 10.0. The van der Waals surface area contributed by atoms with Crippen molar-refractivity contribution in [3.8, 4) is 0 Å². The van der Waals surface area contributed by atoms with E-state index in [4.69, 9.17) is 7.48 Å². The number of carbonyl (C=O) groups is 2. The van der Waals surface area contributed by atoms with E-state index in [1.165, 1.54) is 6.92 Å². The predicted octanol–water partition coefficient (Wildman–Crippen LogP) is 2.39. The number of esters is 1. The minimum absolute atomic E-state index is 0.0217. The fraction of sp³-hybridized carbons (Fsp3) is 0.800. The van der Waals surface area contributed by atoms with E-state index in [0.29, 0.717) is 11.8 Å². The summed E-state index contributed by atoms with van der Waals surface area (Å²) < 4.78 is 20.0. The van der Waals surface area contributed by atoms with Gasteiger partial charge in [0.05, 0.1) is 0 Å². The molecule has 0 heterocycles. The molecule has 0 N–H and O–H groups in total. The number of rotatable bonds is 4. The summed E-state index contributed by atoms with van der Waals surface area (Å²) in [6, 6.07) is 0. The molecule has 0 radical (unpaired) electrons. The van der Waals surface area contributed by atoms with Crippen molar-refractivity contribution in [1.82, 2.24) is 0 Å². The molecule has 0 aromatic rings. The third-order valence-corrected chi connectivity index (χ3v) is 1.70. The third-order valence-electron chi connectivity index (χ3n) is 1.07. The number of carbonyl (C=O) groups excluding carboxylic acids is 2. The molecule has 0 aliphatic heterocycles. The molecule has 0 aliphatic rings. The maximum atomic E-state index is 11.3. The summed E-state index contributed by atoms with van der Waals surface area (Å²) >= 11 is 0.603. The maximum absolute atomic E-state index is 11.3. The van der Waals surface area contributed by atoms with Gasteiger partial charge in [-0.3, -0.25) is 9.59 Å². The van der Waals surface area contributed by atoms with Gasteiger partial charge in [-0.25, -0.2) is 0 Å². The fourth-order valence-electron chi connectivity index (χ4n) is 0.698. The third kappa shape index (κ3) is 9.58. The Kier molecular flexibility index (Phi) is 4.34. The zero-order chi connectivity index (χ0) is 13.0. The second-order valence-electron chi connectivity index (χ2n) is 3.82. The first-order valence-electron chi connectivity index (χ1n) is 5.43. The molecule has 4 heteroatoms. The van der Waals surface area contributed by atoms with Crippen molar-refractivity contribution in [2.45, 2.75) is 46.1 Å². The van der Waals surface area contributed by atoms with E-state index in [9.17, 15) is 9.59 Å². The van der Waals surface area contributed by atoms with E-state index in [1.807, 2.05) is 0 Å². The first-order chi connectivity index (χ1) is 7.02. The Morgan fingerprint density at radius 1 is 1.43 bits per heavy atom. The van der Waals surface area contributed by atoms with E-state index in [-0.39, 0.29) is 18.0 Å². The van der Waals surface area contributed by atoms with Crippen LogP contribution < -0.4 is 0 Å². The van der Waals surface area contributed by atoms with Crippen molar-refractivity contribution in [3.63, 3.8) is 0 Å². The fourth-order valence-corrected chi connectivity index (χ4v) is 1.11. The molecule has 82 valence electrons. The van der Waals surface area contributed by atoms with E-state index < -0.39 is 17.3 Å². The molecule has 0 rings (SSSR count). The number of hydrogen-bond acceptors (Lipinski definition) is 4. The van der Waals surface area contributed by atoms with Gasteiger partial charge in [0, 0.05) is 21.8 Å². The molecular formula is C10H18O3S. The number of ether oxygens (including phenoxy) is 1. The zero-order valence-corrected chi connectivity index (χ0v) is 9.86. The van der Waals surface area contributed by atoms with Crippen LogP contribution in [0.4, 0.5) is 0 Å². The molecule has 0 aromatic carbocycles. The lowest BCUT2D eigenvalue weighted by molar-refractivity contribution is -0.154. The minimum Gasteiger partial charge on any atom is -0.460 e. The van der Waals surface area contributed by atoms with Crippen molar-refractivity contribution < 1.29 is 17.1 Å². The monoisotopic (exact) mass is 220 g/mol. The van der Waals surface area contributed by atoms with Gasteiger partial charge < -0.3 is 4.74 Å². The van der Waals surface area contributed by atoms with Crippen LogP contribution in [0, 0.1) is 0 Å². The van der Waals surface area contributed by atoms with Gasteiger partial charge in [0.25, 0.3) is 0 Å². The van der Waals surface area contributed by atoms with Gasteiger partial charge in [0.15, 0.2) is 5.12 Å². The highest BCUT2D eigenvalue weighted by Gasteiger charge is 2.15. The van der Waals surface area contributed by atoms with Crippen LogP contribution in [0.3, 0.4) is 0 Å². The Labute approximate surface area is 92.4 Å². The van der Waals surface area contributed by atoms with Gasteiger partial charge in [-0.15, -0.1) is 0 Å². The molecule has 0 aliphatic carbocycles. The molecule has 0 aromatic heterocycles. The van der Waals surface area contributed by atoms with E-state index in [2.05, 4.69) is 0 Å². The molecule has 0 fully saturated rings. The molecule has 0 spiro atoms. The number of hydrogen-bond donors (Lipinski definition) is 0. The average Bonchev–Trinajstić information content (AvgIpc) is 1.95. The summed E-state index contributed by atoms with van der Waals surface area (Å²) in [6.07, 6.45) is -0.0449. The summed E-state index contributed by atoms with van der Waals surface area (Å²) in [4.78, 5) is 22.0. The highest BCUT2D eigenvalue weighted by Crippen LogP contribution is 2.11. The highest BCUT2D eigenvalue weighted by atomic mass is 32.2. The quantitative estimate of drug-likeness (QED) is 0.682. The standard InChI is InChI=1S/C10H18O3S/c1-8(11)14-7-5-6-9(12)13-10(2,3)4/h5-7H2,1-4H3/i7D2. The first-order valence-corrected chi connectivity index (χ1v) is 5.25. The van der Waals surface area contributed by atoms with Crippen LogP contribution in [-0.4, -0.2) is 22.4 Å². The van der Waals surface area contributed by atoms with Crippen molar-refractivity contribution in [2.75, 3.05) is 5.70 Å². The van der Waals surface area contributed by atoms with Crippen molar-refractivity contribution in [2.24, 2.45) is 0 Å². The normalized spacial score (nSPS) is 14.3. The van der Waals surface area contributed by atoms with Crippen LogP contribution in [-0.2, 0) is 14.3 Å². The maximum Gasteiger partial charge on any atom is 0.306 e. The Bertz CT molecular complexity index is 272. The summed E-state index contributed by atoms with van der Waals surface area (Å²) in [5, 5.41) is -0.297. The molecule has 0 saturated heterocycles. The predicted molar refractivity (Wildman–Crippen MR) is 58.2 cm³/mol. The molecule has 0 unspecified atom stereocenters. The van der Waals surface area contributed by atoms with Crippen LogP contribution in [0.5, 0.6) is 0 Å². The van der Waals surface area contributed by atoms with Gasteiger partial charge in [0.2, 0.25) is 0 Å². The smallest absolute Gasteiger partial charge is 0.306 e. The van der Waals surface area contributed by atoms with E-state index >= 15 is 0 Å². The van der Waals surface area contributed by atoms with Gasteiger partial charge in [0.1, 0.15) is 5.60 Å². The molecule has 0 saturated carbocycles. The molecule has 0 amide bonds. The second-order valence-corrected chi connectivity index (χ2v) is 4.89. The SMILES string of the molecule is [2H]C([2H])(CCC(=O)OC(C)(C)C)SC(C)=O. The van der Waals surface area contributed by atoms with E-state index in [0.717, 1.165) is 0 Å². The molecular weight excluding hydrogens is 200 g/mol. The second kappa shape index (κ2) is 6.06. The average molecular weight is 220 g/mol. The van der Waals surface area contributed by atoms with Crippen LogP contribution in [0.25, 0.3) is 0 Å².